The summed E-state index contributed by atoms with van der Waals surface area (Å²) >= 11 is 1.83. The lowest BCUT2D eigenvalue weighted by molar-refractivity contribution is -0.203. The molecule has 0 heterocycles. The lowest BCUT2D eigenvalue weighted by atomic mass is 9.36. The van der Waals surface area contributed by atoms with Crippen molar-refractivity contribution in [3.05, 3.63) is 0 Å². The summed E-state index contributed by atoms with van der Waals surface area (Å²) in [6.45, 7) is 4.56. The van der Waals surface area contributed by atoms with Gasteiger partial charge in [0, 0.05) is 17.1 Å². The number of thioether (sulfide) groups is 1. The molecule has 3 nitrogen and oxygen atoms in total. The molecule has 0 saturated heterocycles. The molecule has 0 amide bonds. The number of hydrogen-bond donors (Lipinski definition) is 0. The van der Waals surface area contributed by atoms with Crippen molar-refractivity contribution in [3.63, 3.8) is 0 Å². The summed E-state index contributed by atoms with van der Waals surface area (Å²) in [4.78, 5) is 26.3. The van der Waals surface area contributed by atoms with Gasteiger partial charge in [-0.3, -0.25) is 9.59 Å². The topological polar surface area (TPSA) is 43.4 Å². The molecule has 0 aromatic carbocycles. The first-order valence-corrected chi connectivity index (χ1v) is 11.8. The van der Waals surface area contributed by atoms with E-state index in [1.807, 2.05) is 11.8 Å². The Hall–Kier alpha value is -0.510. The van der Waals surface area contributed by atoms with Gasteiger partial charge in [0.2, 0.25) is 0 Å². The molecular formula is C22H34O3S. The van der Waals surface area contributed by atoms with Crippen LogP contribution in [0.3, 0.4) is 0 Å². The van der Waals surface area contributed by atoms with Crippen LogP contribution < -0.4 is 0 Å². The maximum Gasteiger partial charge on any atom is 0.311 e. The number of carbonyl (C=O) groups is 2. The highest BCUT2D eigenvalue weighted by molar-refractivity contribution is 7.98. The summed E-state index contributed by atoms with van der Waals surface area (Å²) in [6.07, 6.45) is 10.9. The Balaban J connectivity index is 1.72. The first-order chi connectivity index (χ1) is 12.3. The van der Waals surface area contributed by atoms with E-state index in [1.54, 1.807) is 0 Å². The van der Waals surface area contributed by atoms with Gasteiger partial charge in [-0.15, -0.1) is 0 Å². The van der Waals surface area contributed by atoms with Crippen molar-refractivity contribution in [2.45, 2.75) is 65.2 Å². The molecule has 7 atom stereocenters. The van der Waals surface area contributed by atoms with Crippen LogP contribution in [-0.4, -0.2) is 30.9 Å². The highest BCUT2D eigenvalue weighted by atomic mass is 32.2. The molecule has 2 bridgehead atoms. The molecule has 1 spiro atoms. The predicted octanol–water partition coefficient (Wildman–Crippen LogP) is 4.73. The molecule has 5 fully saturated rings. The minimum absolute atomic E-state index is 0.0306. The number of fused-ring (bicyclic) bond motifs is 3. The zero-order valence-corrected chi connectivity index (χ0v) is 17.6. The van der Waals surface area contributed by atoms with Gasteiger partial charge in [-0.1, -0.05) is 13.3 Å². The van der Waals surface area contributed by atoms with E-state index in [9.17, 15) is 9.59 Å². The molecule has 4 heteroatoms. The van der Waals surface area contributed by atoms with Crippen LogP contribution in [0.1, 0.15) is 65.2 Å². The largest absolute Gasteiger partial charge is 0.469 e. The molecule has 0 aromatic rings. The summed E-state index contributed by atoms with van der Waals surface area (Å²) in [5.74, 6) is 3.24. The molecule has 5 aliphatic rings. The predicted molar refractivity (Wildman–Crippen MR) is 105 cm³/mol. The second-order valence-corrected chi connectivity index (χ2v) is 10.9. The highest BCUT2D eigenvalue weighted by Gasteiger charge is 2.68. The van der Waals surface area contributed by atoms with Crippen molar-refractivity contribution in [2.75, 3.05) is 19.1 Å². The minimum atomic E-state index is -0.373. The molecule has 0 aliphatic heterocycles. The third-order valence-corrected chi connectivity index (χ3v) is 9.91. The van der Waals surface area contributed by atoms with E-state index in [4.69, 9.17) is 4.74 Å². The van der Waals surface area contributed by atoms with E-state index in [0.717, 1.165) is 37.9 Å². The molecule has 0 aromatic heterocycles. The standard InChI is InChI=1S/C22H34O3S/c1-20-8-5-9-21(2,19(24)25-3)16(20)7-11-22-10-6-14(12-17(20)22)15(13-26-4)18(22)23/h14-17H,5-13H2,1-4H3/t14-,15?,16-,17-,20+,21+,22-/m0/s1. The van der Waals surface area contributed by atoms with E-state index >= 15 is 0 Å². The highest BCUT2D eigenvalue weighted by Crippen LogP contribution is 2.71. The van der Waals surface area contributed by atoms with Gasteiger partial charge in [-0.05, 0) is 81.3 Å². The molecular weight excluding hydrogens is 344 g/mol. The maximum atomic E-state index is 13.6. The number of rotatable bonds is 3. The molecule has 5 rings (SSSR count). The zero-order chi connectivity index (χ0) is 18.7. The van der Waals surface area contributed by atoms with Gasteiger partial charge in [0.15, 0.2) is 0 Å². The SMILES string of the molecule is COC(=O)[C@]1(C)CCC[C@@]2(C)[C@@H]3C[C@@H]4CC[C@@]3(CC[C@@H]21)C(=O)C4CSC. The number of hydrogen-bond acceptors (Lipinski definition) is 4. The van der Waals surface area contributed by atoms with Crippen molar-refractivity contribution < 1.29 is 14.3 Å². The smallest absolute Gasteiger partial charge is 0.311 e. The molecule has 5 saturated carbocycles. The molecule has 26 heavy (non-hydrogen) atoms. The van der Waals surface area contributed by atoms with Crippen molar-refractivity contribution in [1.29, 1.82) is 0 Å². The molecule has 0 radical (unpaired) electrons. The van der Waals surface area contributed by atoms with E-state index in [2.05, 4.69) is 20.1 Å². The molecule has 5 aliphatic carbocycles. The molecule has 146 valence electrons. The van der Waals surface area contributed by atoms with Crippen molar-refractivity contribution in [2.24, 2.45) is 39.9 Å². The zero-order valence-electron chi connectivity index (χ0n) is 16.8. The van der Waals surface area contributed by atoms with Crippen LogP contribution in [0.2, 0.25) is 0 Å². The average Bonchev–Trinajstić information content (AvgIpc) is 2.63. The summed E-state index contributed by atoms with van der Waals surface area (Å²) in [6, 6.07) is 0. The third-order valence-electron chi connectivity index (χ3n) is 9.21. The Morgan fingerprint density at radius 2 is 1.88 bits per heavy atom. The number of carbonyl (C=O) groups excluding carboxylic acids is 2. The Bertz CT molecular complexity index is 619. The first-order valence-electron chi connectivity index (χ1n) is 10.4. The fraction of sp³-hybridized carbons (Fsp3) is 0.909. The van der Waals surface area contributed by atoms with Gasteiger partial charge in [0.1, 0.15) is 5.78 Å². The fourth-order valence-corrected chi connectivity index (χ4v) is 8.86. The Morgan fingerprint density at radius 1 is 1.15 bits per heavy atom. The summed E-state index contributed by atoms with van der Waals surface area (Å²) in [5.41, 5.74) is -0.353. The van der Waals surface area contributed by atoms with Crippen molar-refractivity contribution in [3.8, 4) is 0 Å². The van der Waals surface area contributed by atoms with Crippen LogP contribution in [0.5, 0.6) is 0 Å². The monoisotopic (exact) mass is 378 g/mol. The van der Waals surface area contributed by atoms with Crippen LogP contribution in [0.4, 0.5) is 0 Å². The average molecular weight is 379 g/mol. The van der Waals surface area contributed by atoms with Crippen molar-refractivity contribution >= 4 is 23.5 Å². The van der Waals surface area contributed by atoms with Crippen LogP contribution in [0, 0.1) is 39.9 Å². The Kier molecular flexibility index (Phi) is 4.53. The van der Waals surface area contributed by atoms with Crippen LogP contribution in [-0.2, 0) is 14.3 Å². The number of ketones is 1. The number of esters is 1. The summed E-state index contributed by atoms with van der Waals surface area (Å²) in [7, 11) is 1.53. The minimum Gasteiger partial charge on any atom is -0.469 e. The normalized spacial score (nSPS) is 50.1. The quantitative estimate of drug-likeness (QED) is 0.666. The summed E-state index contributed by atoms with van der Waals surface area (Å²) < 4.78 is 5.24. The second kappa shape index (κ2) is 6.25. The lowest BCUT2D eigenvalue weighted by Crippen LogP contribution is -2.65. The molecule has 0 N–H and O–H groups in total. The van der Waals surface area contributed by atoms with Gasteiger partial charge >= 0.3 is 5.97 Å². The van der Waals surface area contributed by atoms with Gasteiger partial charge in [-0.2, -0.15) is 11.8 Å². The van der Waals surface area contributed by atoms with E-state index in [-0.39, 0.29) is 28.1 Å². The van der Waals surface area contributed by atoms with Crippen molar-refractivity contribution in [1.82, 2.24) is 0 Å². The van der Waals surface area contributed by atoms with Gasteiger partial charge in [0.25, 0.3) is 0 Å². The van der Waals surface area contributed by atoms with E-state index in [1.165, 1.54) is 26.4 Å². The second-order valence-electron chi connectivity index (χ2n) is 10.0. The third kappa shape index (κ3) is 2.26. The molecule has 1 unspecified atom stereocenters. The van der Waals surface area contributed by atoms with Crippen LogP contribution in [0.25, 0.3) is 0 Å². The van der Waals surface area contributed by atoms with Gasteiger partial charge in [0.05, 0.1) is 12.5 Å². The van der Waals surface area contributed by atoms with E-state index in [0.29, 0.717) is 23.5 Å². The maximum absolute atomic E-state index is 13.6. The van der Waals surface area contributed by atoms with Gasteiger partial charge < -0.3 is 4.74 Å². The lowest BCUT2D eigenvalue weighted by Gasteiger charge is -2.67. The Labute approximate surface area is 162 Å². The van der Waals surface area contributed by atoms with Crippen LogP contribution in [0.15, 0.2) is 0 Å². The van der Waals surface area contributed by atoms with Crippen LogP contribution >= 0.6 is 11.8 Å². The fourth-order valence-electron chi connectivity index (χ4n) is 8.08. The van der Waals surface area contributed by atoms with E-state index < -0.39 is 0 Å². The van der Waals surface area contributed by atoms with Gasteiger partial charge in [-0.25, -0.2) is 0 Å². The number of Topliss-reactive ketones (excluding diaryl/α,β-unsaturated/α-hetero) is 1. The number of methoxy groups -OCH3 is 1. The first kappa shape index (κ1) is 18.8. The summed E-state index contributed by atoms with van der Waals surface area (Å²) in [5, 5.41) is 0. The Morgan fingerprint density at radius 3 is 2.58 bits per heavy atom. The number of ether oxygens (including phenoxy) is 1.